The number of hydrogen-bond donors (Lipinski definition) is 1. The molecule has 0 aliphatic carbocycles. The zero-order valence-corrected chi connectivity index (χ0v) is 19.9. The second-order valence-electron chi connectivity index (χ2n) is 9.15. The van der Waals surface area contributed by atoms with E-state index in [-0.39, 0.29) is 24.0 Å². The van der Waals surface area contributed by atoms with E-state index in [1.807, 2.05) is 24.3 Å². The van der Waals surface area contributed by atoms with E-state index in [0.29, 0.717) is 31.0 Å². The maximum atomic E-state index is 12.7. The van der Waals surface area contributed by atoms with Gasteiger partial charge < -0.3 is 29.8 Å². The second-order valence-corrected chi connectivity index (χ2v) is 9.15. The Labute approximate surface area is 211 Å². The van der Waals surface area contributed by atoms with Gasteiger partial charge in [0.15, 0.2) is 0 Å². The van der Waals surface area contributed by atoms with Gasteiger partial charge in [0, 0.05) is 48.5 Å². The summed E-state index contributed by atoms with van der Waals surface area (Å²) >= 11 is 0. The number of benzene rings is 2. The maximum absolute atomic E-state index is 12.7. The molecular weight excluding hydrogens is 491 g/mol. The van der Waals surface area contributed by atoms with Crippen molar-refractivity contribution in [3.63, 3.8) is 0 Å². The predicted molar refractivity (Wildman–Crippen MR) is 130 cm³/mol. The second kappa shape index (κ2) is 10.2. The van der Waals surface area contributed by atoms with Crippen LogP contribution in [0.15, 0.2) is 54.7 Å². The van der Waals surface area contributed by atoms with Gasteiger partial charge in [0.2, 0.25) is 0 Å². The molecule has 1 fully saturated rings. The molecule has 3 heterocycles. The van der Waals surface area contributed by atoms with Crippen LogP contribution in [0.1, 0.15) is 24.8 Å². The van der Waals surface area contributed by atoms with E-state index >= 15 is 0 Å². The highest BCUT2D eigenvalue weighted by Gasteiger charge is 2.30. The van der Waals surface area contributed by atoms with Crippen LogP contribution in [0.2, 0.25) is 0 Å². The molecule has 2 aromatic carbocycles. The predicted octanol–water partition coefficient (Wildman–Crippen LogP) is 5.12. The third-order valence-corrected chi connectivity index (χ3v) is 6.59. The number of nitrogens with one attached hydrogen (secondary N) is 1. The molecule has 1 saturated heterocycles. The standard InChI is InChI=1S/C25H26F3N5O4/c26-25(27,28)17-1-3-18(4-2-17)29-19-9-12-31(13-10-19)20-5-7-21(8-6-20)36-16-22-11-14-32-15-23(33(34)35)30-24(32)37-22/h1-8,15,19,22,29H,9-14,16H2. The molecule has 5 rings (SSSR count). The van der Waals surface area contributed by atoms with Crippen LogP contribution in [0.3, 0.4) is 0 Å². The van der Waals surface area contributed by atoms with Crippen molar-refractivity contribution in [3.8, 4) is 11.8 Å². The van der Waals surface area contributed by atoms with Gasteiger partial charge in [0.05, 0.1) is 5.56 Å². The molecule has 196 valence electrons. The summed E-state index contributed by atoms with van der Waals surface area (Å²) in [6.07, 6.45) is -0.805. The first-order valence-electron chi connectivity index (χ1n) is 12.0. The lowest BCUT2D eigenvalue weighted by Crippen LogP contribution is -2.39. The highest BCUT2D eigenvalue weighted by atomic mass is 19.4. The maximum Gasteiger partial charge on any atom is 0.416 e. The summed E-state index contributed by atoms with van der Waals surface area (Å²) in [5, 5.41) is 14.2. The van der Waals surface area contributed by atoms with Crippen LogP contribution in [0.5, 0.6) is 11.8 Å². The van der Waals surface area contributed by atoms with Crippen molar-refractivity contribution in [3.05, 3.63) is 70.4 Å². The van der Waals surface area contributed by atoms with E-state index in [1.165, 1.54) is 18.3 Å². The fourth-order valence-electron chi connectivity index (χ4n) is 4.55. The Morgan fingerprint density at radius 2 is 1.76 bits per heavy atom. The Morgan fingerprint density at radius 3 is 2.41 bits per heavy atom. The molecule has 2 aliphatic heterocycles. The van der Waals surface area contributed by atoms with Crippen molar-refractivity contribution >= 4 is 17.2 Å². The van der Waals surface area contributed by atoms with Gasteiger partial charge in [0.1, 0.15) is 24.7 Å². The highest BCUT2D eigenvalue weighted by Crippen LogP contribution is 2.31. The van der Waals surface area contributed by atoms with E-state index in [2.05, 4.69) is 15.2 Å². The lowest BCUT2D eigenvalue weighted by Gasteiger charge is -2.34. The normalized spacial score (nSPS) is 18.1. The van der Waals surface area contributed by atoms with Gasteiger partial charge in [-0.15, -0.1) is 0 Å². The van der Waals surface area contributed by atoms with Crippen LogP contribution in [0.4, 0.5) is 30.4 Å². The van der Waals surface area contributed by atoms with Crippen LogP contribution < -0.4 is 19.7 Å². The molecule has 0 radical (unpaired) electrons. The van der Waals surface area contributed by atoms with Crippen molar-refractivity contribution < 1.29 is 27.6 Å². The Balaban J connectivity index is 1.07. The molecule has 0 amide bonds. The van der Waals surface area contributed by atoms with Crippen LogP contribution in [0.25, 0.3) is 0 Å². The number of piperidine rings is 1. The SMILES string of the molecule is O=[N+]([O-])c1cn2c(n1)OC(COc1ccc(N3CCC(Nc4ccc(C(F)(F)F)cc4)CC3)cc1)CC2. The van der Waals surface area contributed by atoms with Crippen molar-refractivity contribution in [2.75, 3.05) is 29.9 Å². The Kier molecular flexibility index (Phi) is 6.81. The Hall–Kier alpha value is -3.96. The van der Waals surface area contributed by atoms with Gasteiger partial charge in [-0.3, -0.25) is 4.57 Å². The number of alkyl halides is 3. The molecule has 37 heavy (non-hydrogen) atoms. The number of rotatable bonds is 7. The average molecular weight is 518 g/mol. The molecular formula is C25H26F3N5O4. The number of imidazole rings is 1. The number of aryl methyl sites for hydroxylation is 1. The van der Waals surface area contributed by atoms with Crippen LogP contribution >= 0.6 is 0 Å². The summed E-state index contributed by atoms with van der Waals surface area (Å²) in [5.41, 5.74) is 1.12. The minimum Gasteiger partial charge on any atom is -0.490 e. The van der Waals surface area contributed by atoms with Crippen molar-refractivity contribution in [1.82, 2.24) is 9.55 Å². The molecule has 0 bridgehead atoms. The summed E-state index contributed by atoms with van der Waals surface area (Å²) in [4.78, 5) is 16.5. The van der Waals surface area contributed by atoms with Gasteiger partial charge in [-0.2, -0.15) is 13.2 Å². The topological polar surface area (TPSA) is 94.7 Å². The molecule has 1 unspecified atom stereocenters. The molecule has 12 heteroatoms. The summed E-state index contributed by atoms with van der Waals surface area (Å²) in [5.74, 6) is 0.470. The molecule has 9 nitrogen and oxygen atoms in total. The van der Waals surface area contributed by atoms with E-state index < -0.39 is 16.7 Å². The molecule has 3 aromatic rings. The number of halogens is 3. The van der Waals surface area contributed by atoms with E-state index in [1.54, 1.807) is 4.57 Å². The third kappa shape index (κ3) is 5.89. The van der Waals surface area contributed by atoms with E-state index in [9.17, 15) is 23.3 Å². The van der Waals surface area contributed by atoms with Crippen molar-refractivity contribution in [2.24, 2.45) is 0 Å². The minimum atomic E-state index is -4.33. The van der Waals surface area contributed by atoms with E-state index in [4.69, 9.17) is 9.47 Å². The van der Waals surface area contributed by atoms with Crippen molar-refractivity contribution in [1.29, 1.82) is 0 Å². The number of aromatic nitrogens is 2. The van der Waals surface area contributed by atoms with Crippen LogP contribution in [0, 0.1) is 10.1 Å². The first-order chi connectivity index (χ1) is 17.7. The Morgan fingerprint density at radius 1 is 1.05 bits per heavy atom. The summed E-state index contributed by atoms with van der Waals surface area (Å²) < 4.78 is 51.5. The number of fused-ring (bicyclic) bond motifs is 1. The summed E-state index contributed by atoms with van der Waals surface area (Å²) in [7, 11) is 0. The Bertz CT molecular complexity index is 1220. The number of nitrogens with zero attached hydrogens (tertiary/aromatic N) is 4. The largest absolute Gasteiger partial charge is 0.490 e. The fourth-order valence-corrected chi connectivity index (χ4v) is 4.55. The van der Waals surface area contributed by atoms with Gasteiger partial charge in [-0.05, 0) is 66.3 Å². The molecule has 0 spiro atoms. The molecule has 1 aromatic heterocycles. The van der Waals surface area contributed by atoms with Crippen molar-refractivity contribution in [2.45, 2.75) is 44.1 Å². The molecule has 1 atom stereocenters. The zero-order chi connectivity index (χ0) is 26.0. The first kappa shape index (κ1) is 24.7. The average Bonchev–Trinajstić information content (AvgIpc) is 3.32. The minimum absolute atomic E-state index is 0.197. The fraction of sp³-hybridized carbons (Fsp3) is 0.400. The molecule has 1 N–H and O–H groups in total. The number of ether oxygens (including phenoxy) is 2. The first-order valence-corrected chi connectivity index (χ1v) is 12.0. The summed E-state index contributed by atoms with van der Waals surface area (Å²) in [6, 6.07) is 13.4. The van der Waals surface area contributed by atoms with Gasteiger partial charge in [0.25, 0.3) is 0 Å². The smallest absolute Gasteiger partial charge is 0.416 e. The van der Waals surface area contributed by atoms with Gasteiger partial charge >= 0.3 is 18.0 Å². The lowest BCUT2D eigenvalue weighted by atomic mass is 10.0. The molecule has 0 saturated carbocycles. The summed E-state index contributed by atoms with van der Waals surface area (Å²) in [6.45, 7) is 2.54. The number of anilines is 2. The van der Waals surface area contributed by atoms with Gasteiger partial charge in [-0.25, -0.2) is 0 Å². The molecule has 2 aliphatic rings. The van der Waals surface area contributed by atoms with Crippen LogP contribution in [-0.2, 0) is 12.7 Å². The zero-order valence-electron chi connectivity index (χ0n) is 19.9. The van der Waals surface area contributed by atoms with E-state index in [0.717, 1.165) is 43.8 Å². The van der Waals surface area contributed by atoms with Crippen LogP contribution in [-0.4, -0.2) is 46.3 Å². The highest BCUT2D eigenvalue weighted by molar-refractivity contribution is 5.50. The monoisotopic (exact) mass is 517 g/mol. The third-order valence-electron chi connectivity index (χ3n) is 6.59. The van der Waals surface area contributed by atoms with Gasteiger partial charge in [-0.1, -0.05) is 0 Å². The number of hydrogen-bond acceptors (Lipinski definition) is 7. The number of nitro groups is 1. The lowest BCUT2D eigenvalue weighted by molar-refractivity contribution is -0.389. The quantitative estimate of drug-likeness (QED) is 0.343.